The average Bonchev–Trinajstić information content (AvgIpc) is 3.24. The summed E-state index contributed by atoms with van der Waals surface area (Å²) in [6.07, 6.45) is -0.0883. The third-order valence-corrected chi connectivity index (χ3v) is 8.69. The number of nitrogens with zero attached hydrogens (tertiary/aromatic N) is 3. The molecule has 0 fully saturated rings. The number of anilines is 2. The Morgan fingerprint density at radius 3 is 2.81 bits per heavy atom. The van der Waals surface area contributed by atoms with Crippen LogP contribution in [0.2, 0.25) is 5.02 Å². The Kier molecular flexibility index (Phi) is 6.89. The summed E-state index contributed by atoms with van der Waals surface area (Å²) in [7, 11) is -3.95. The summed E-state index contributed by atoms with van der Waals surface area (Å²) < 4.78 is 34.5. The van der Waals surface area contributed by atoms with Crippen LogP contribution in [0.3, 0.4) is 0 Å². The number of thioether (sulfide) groups is 1. The van der Waals surface area contributed by atoms with Crippen molar-refractivity contribution in [3.8, 4) is 5.75 Å². The molecule has 0 radical (unpaired) electrons. The summed E-state index contributed by atoms with van der Waals surface area (Å²) in [6, 6.07) is 12.6. The van der Waals surface area contributed by atoms with Crippen LogP contribution in [0.4, 0.5) is 10.8 Å². The number of amides is 1. The second-order valence-electron chi connectivity index (χ2n) is 6.78. The minimum absolute atomic E-state index is 0.105. The molecule has 0 saturated heterocycles. The molecule has 0 bridgehead atoms. The molecule has 1 atom stereocenters. The van der Waals surface area contributed by atoms with E-state index >= 15 is 0 Å². The van der Waals surface area contributed by atoms with Gasteiger partial charge in [0.15, 0.2) is 10.4 Å². The highest BCUT2D eigenvalue weighted by atomic mass is 35.5. The van der Waals surface area contributed by atoms with Gasteiger partial charge in [-0.2, -0.15) is 0 Å². The van der Waals surface area contributed by atoms with Crippen LogP contribution in [-0.2, 0) is 14.8 Å². The van der Waals surface area contributed by atoms with Crippen LogP contribution in [0.25, 0.3) is 0 Å². The Hall–Kier alpha value is -2.34. The highest BCUT2D eigenvalue weighted by Gasteiger charge is 2.38. The van der Waals surface area contributed by atoms with Crippen molar-refractivity contribution in [2.24, 2.45) is 0 Å². The smallest absolute Gasteiger partial charge is 0.269 e. The van der Waals surface area contributed by atoms with Gasteiger partial charge in [-0.1, -0.05) is 59.8 Å². The van der Waals surface area contributed by atoms with Gasteiger partial charge in [0.05, 0.1) is 17.1 Å². The summed E-state index contributed by atoms with van der Waals surface area (Å²) in [5.41, 5.74) is 0.277. The number of carbonyl (C=O) groups excluding carboxylic acids is 1. The maximum Gasteiger partial charge on any atom is 0.269 e. The molecule has 1 aliphatic rings. The van der Waals surface area contributed by atoms with E-state index in [0.717, 1.165) is 20.8 Å². The SMILES string of the molecule is CCCSc1nnc(NC(=O)C2CN(S(=O)(=O)c3ccccc3)c3cc(Cl)ccc3O2)s1. The van der Waals surface area contributed by atoms with Gasteiger partial charge in [0, 0.05) is 10.8 Å². The third-order valence-electron chi connectivity index (χ3n) is 4.48. The van der Waals surface area contributed by atoms with E-state index in [-0.39, 0.29) is 22.9 Å². The van der Waals surface area contributed by atoms with Crippen molar-refractivity contribution in [2.45, 2.75) is 28.7 Å². The number of benzene rings is 2. The lowest BCUT2D eigenvalue weighted by atomic mass is 10.2. The number of nitrogens with one attached hydrogen (secondary N) is 1. The number of hydrogen-bond donors (Lipinski definition) is 1. The standard InChI is InChI=1S/C20H19ClN4O4S3/c1-2-10-30-20-24-23-19(31-20)22-18(26)17-12-25(15-11-13(21)8-9-16(15)29-17)32(27,28)14-6-4-3-5-7-14/h3-9,11,17H,2,10,12H2,1H3,(H,22,23,26). The zero-order valence-corrected chi connectivity index (χ0v) is 20.1. The van der Waals surface area contributed by atoms with E-state index in [9.17, 15) is 13.2 Å². The molecule has 1 aliphatic heterocycles. The fourth-order valence-corrected chi connectivity index (χ4v) is 6.34. The van der Waals surface area contributed by atoms with E-state index in [0.29, 0.717) is 10.2 Å². The number of fused-ring (bicyclic) bond motifs is 1. The van der Waals surface area contributed by atoms with Crippen LogP contribution in [0.1, 0.15) is 13.3 Å². The van der Waals surface area contributed by atoms with Gasteiger partial charge in [0.2, 0.25) is 5.13 Å². The molecule has 3 aromatic rings. The van der Waals surface area contributed by atoms with Crippen LogP contribution in [-0.4, -0.2) is 42.9 Å². The molecule has 1 aromatic heterocycles. The minimum Gasteiger partial charge on any atom is -0.476 e. The van der Waals surface area contributed by atoms with Crippen molar-refractivity contribution in [3.05, 3.63) is 53.6 Å². The molecule has 0 saturated carbocycles. The van der Waals surface area contributed by atoms with Gasteiger partial charge >= 0.3 is 0 Å². The number of ether oxygens (including phenoxy) is 1. The molecule has 2 aromatic carbocycles. The van der Waals surface area contributed by atoms with Crippen molar-refractivity contribution in [1.29, 1.82) is 0 Å². The Balaban J connectivity index is 1.61. The summed E-state index contributed by atoms with van der Waals surface area (Å²) in [5.74, 6) is 0.638. The molecule has 32 heavy (non-hydrogen) atoms. The zero-order valence-electron chi connectivity index (χ0n) is 16.9. The summed E-state index contributed by atoms with van der Waals surface area (Å²) >= 11 is 8.93. The van der Waals surface area contributed by atoms with Gasteiger partial charge < -0.3 is 4.74 Å². The summed E-state index contributed by atoms with van der Waals surface area (Å²) in [4.78, 5) is 13.0. The predicted octanol–water partition coefficient (Wildman–Crippen LogP) is 4.29. The predicted molar refractivity (Wildman–Crippen MR) is 126 cm³/mol. The van der Waals surface area contributed by atoms with Gasteiger partial charge in [-0.05, 0) is 36.8 Å². The van der Waals surface area contributed by atoms with Crippen molar-refractivity contribution >= 4 is 61.4 Å². The topological polar surface area (TPSA) is 101 Å². The molecule has 12 heteroatoms. The van der Waals surface area contributed by atoms with E-state index in [1.807, 2.05) is 0 Å². The van der Waals surface area contributed by atoms with E-state index < -0.39 is 22.0 Å². The first-order chi connectivity index (χ1) is 15.4. The molecule has 0 aliphatic carbocycles. The van der Waals surface area contributed by atoms with Crippen molar-refractivity contribution < 1.29 is 17.9 Å². The van der Waals surface area contributed by atoms with Crippen molar-refractivity contribution in [2.75, 3.05) is 21.9 Å². The van der Waals surface area contributed by atoms with E-state index in [4.69, 9.17) is 16.3 Å². The van der Waals surface area contributed by atoms with Crippen LogP contribution in [0.15, 0.2) is 57.8 Å². The molecule has 8 nitrogen and oxygen atoms in total. The lowest BCUT2D eigenvalue weighted by Gasteiger charge is -2.34. The van der Waals surface area contributed by atoms with Crippen molar-refractivity contribution in [3.63, 3.8) is 0 Å². The third kappa shape index (κ3) is 4.85. The first-order valence-corrected chi connectivity index (χ1v) is 13.3. The van der Waals surface area contributed by atoms with Crippen LogP contribution >= 0.6 is 34.7 Å². The first kappa shape index (κ1) is 22.8. The number of carbonyl (C=O) groups is 1. The van der Waals surface area contributed by atoms with Gasteiger partial charge in [-0.25, -0.2) is 8.42 Å². The maximum atomic E-state index is 13.4. The molecule has 1 N–H and O–H groups in total. The van der Waals surface area contributed by atoms with Gasteiger partial charge in [0.25, 0.3) is 15.9 Å². The largest absolute Gasteiger partial charge is 0.476 e. The molecule has 1 amide bonds. The maximum absolute atomic E-state index is 13.4. The van der Waals surface area contributed by atoms with Gasteiger partial charge in [0.1, 0.15) is 5.75 Å². The fourth-order valence-electron chi connectivity index (χ4n) is 3.00. The fraction of sp³-hybridized carbons (Fsp3) is 0.250. The van der Waals surface area contributed by atoms with Crippen molar-refractivity contribution in [1.82, 2.24) is 10.2 Å². The van der Waals surface area contributed by atoms with Crippen LogP contribution in [0.5, 0.6) is 5.75 Å². The monoisotopic (exact) mass is 510 g/mol. The number of aromatic nitrogens is 2. The summed E-state index contributed by atoms with van der Waals surface area (Å²) in [5, 5.41) is 11.4. The molecular formula is C20H19ClN4O4S3. The lowest BCUT2D eigenvalue weighted by Crippen LogP contribution is -2.48. The molecule has 4 rings (SSSR count). The molecule has 1 unspecified atom stereocenters. The Bertz CT molecular complexity index is 1220. The Morgan fingerprint density at radius 1 is 1.28 bits per heavy atom. The average molecular weight is 511 g/mol. The molecule has 2 heterocycles. The highest BCUT2D eigenvalue weighted by Crippen LogP contribution is 2.39. The lowest BCUT2D eigenvalue weighted by molar-refractivity contribution is -0.122. The highest BCUT2D eigenvalue weighted by molar-refractivity contribution is 8.01. The normalized spacial score (nSPS) is 15.7. The van der Waals surface area contributed by atoms with Gasteiger partial charge in [-0.3, -0.25) is 14.4 Å². The summed E-state index contributed by atoms with van der Waals surface area (Å²) in [6.45, 7) is 1.85. The number of sulfonamides is 1. The first-order valence-electron chi connectivity index (χ1n) is 9.69. The number of rotatable bonds is 7. The van der Waals surface area contributed by atoms with E-state index in [1.165, 1.54) is 29.5 Å². The zero-order chi connectivity index (χ0) is 22.7. The minimum atomic E-state index is -3.95. The van der Waals surface area contributed by atoms with Crippen LogP contribution < -0.4 is 14.4 Å². The quantitative estimate of drug-likeness (QED) is 0.373. The molecule has 0 spiro atoms. The van der Waals surface area contributed by atoms with E-state index in [2.05, 4.69) is 22.4 Å². The van der Waals surface area contributed by atoms with E-state index in [1.54, 1.807) is 42.1 Å². The molecule has 168 valence electrons. The molecular weight excluding hydrogens is 492 g/mol. The second-order valence-corrected chi connectivity index (χ2v) is 11.4. The van der Waals surface area contributed by atoms with Gasteiger partial charge in [-0.15, -0.1) is 10.2 Å². The van der Waals surface area contributed by atoms with Crippen LogP contribution in [0, 0.1) is 0 Å². The number of hydrogen-bond acceptors (Lipinski definition) is 8. The number of halogens is 1. The Morgan fingerprint density at radius 2 is 2.06 bits per heavy atom. The second kappa shape index (κ2) is 9.65. The Labute approximate surface area is 199 Å².